The number of allylic oxidation sites excluding steroid dienone is 1. The number of nitrogens with one attached hydrogen (secondary N) is 1. The maximum Gasteiger partial charge on any atom is 0.337 e. The van der Waals surface area contributed by atoms with Crippen molar-refractivity contribution in [1.82, 2.24) is 10.2 Å². The Kier molecular flexibility index (Phi) is 5.92. The van der Waals surface area contributed by atoms with E-state index < -0.39 is 12.0 Å². The highest BCUT2D eigenvalue weighted by molar-refractivity contribution is 9.10. The lowest BCUT2D eigenvalue weighted by Gasteiger charge is -2.37. The lowest BCUT2D eigenvalue weighted by atomic mass is 9.95. The molecule has 1 atom stereocenters. The van der Waals surface area contributed by atoms with Crippen LogP contribution in [0.5, 0.6) is 0 Å². The van der Waals surface area contributed by atoms with Gasteiger partial charge in [0.05, 0.1) is 18.7 Å². The first-order chi connectivity index (χ1) is 12.9. The van der Waals surface area contributed by atoms with Crippen LogP contribution < -0.4 is 5.32 Å². The van der Waals surface area contributed by atoms with E-state index in [2.05, 4.69) is 21.2 Å². The largest absolute Gasteiger partial charge is 0.466 e. The normalized spacial score (nSPS) is 17.0. The fraction of sp³-hybridized carbons (Fsp3) is 0.200. The van der Waals surface area contributed by atoms with Crippen LogP contribution in [0.1, 0.15) is 24.1 Å². The van der Waals surface area contributed by atoms with Crippen molar-refractivity contribution in [2.45, 2.75) is 19.5 Å². The molecule has 1 heterocycles. The molecule has 1 unspecified atom stereocenters. The summed E-state index contributed by atoms with van der Waals surface area (Å²) in [5.41, 5.74) is 2.95. The van der Waals surface area contributed by atoms with E-state index >= 15 is 0 Å². The minimum absolute atomic E-state index is 0.339. The van der Waals surface area contributed by atoms with Crippen LogP contribution in [0.15, 0.2) is 64.3 Å². The third kappa shape index (κ3) is 4.20. The molecule has 0 radical (unpaired) electrons. The van der Waals surface area contributed by atoms with Crippen molar-refractivity contribution < 1.29 is 13.9 Å². The predicted molar refractivity (Wildman–Crippen MR) is 109 cm³/mol. The first kappa shape index (κ1) is 19.5. The summed E-state index contributed by atoms with van der Waals surface area (Å²) in [4.78, 5) is 14.4. The van der Waals surface area contributed by atoms with E-state index in [4.69, 9.17) is 17.0 Å². The number of thiocarbonyl (C=S) groups is 1. The predicted octanol–water partition coefficient (Wildman–Crippen LogP) is 4.47. The first-order valence-corrected chi connectivity index (χ1v) is 9.48. The van der Waals surface area contributed by atoms with Gasteiger partial charge in [-0.2, -0.15) is 0 Å². The smallest absolute Gasteiger partial charge is 0.337 e. The van der Waals surface area contributed by atoms with Gasteiger partial charge in [0, 0.05) is 16.7 Å². The Labute approximate surface area is 171 Å². The van der Waals surface area contributed by atoms with Crippen LogP contribution >= 0.6 is 28.1 Å². The molecule has 0 aromatic heterocycles. The van der Waals surface area contributed by atoms with E-state index in [1.165, 1.54) is 19.2 Å². The molecule has 0 spiro atoms. The second kappa shape index (κ2) is 8.19. The Balaban J connectivity index is 2.00. The fourth-order valence-corrected chi connectivity index (χ4v) is 3.61. The van der Waals surface area contributed by atoms with Crippen LogP contribution in [0.2, 0.25) is 0 Å². The van der Waals surface area contributed by atoms with E-state index in [0.29, 0.717) is 22.9 Å². The van der Waals surface area contributed by atoms with Gasteiger partial charge in [0.25, 0.3) is 0 Å². The number of carbonyl (C=O) groups is 1. The maximum atomic E-state index is 13.3. The SMILES string of the molecule is COC(=O)C1=C(C)N(Cc2ccc(Br)cc2)C(=S)NC1c1ccc(F)cc1. The quantitative estimate of drug-likeness (QED) is 0.551. The molecule has 1 N–H and O–H groups in total. The number of esters is 1. The third-order valence-corrected chi connectivity index (χ3v) is 5.33. The van der Waals surface area contributed by atoms with E-state index in [0.717, 1.165) is 15.6 Å². The number of nitrogens with zero attached hydrogens (tertiary/aromatic N) is 1. The molecule has 0 saturated carbocycles. The number of halogens is 2. The maximum absolute atomic E-state index is 13.3. The summed E-state index contributed by atoms with van der Waals surface area (Å²) in [6.45, 7) is 2.36. The van der Waals surface area contributed by atoms with Gasteiger partial charge in [0.15, 0.2) is 5.11 Å². The Bertz CT molecular complexity index is 897. The molecule has 2 aromatic rings. The molecular weight excluding hydrogens is 431 g/mol. The summed E-state index contributed by atoms with van der Waals surface area (Å²) in [5, 5.41) is 3.69. The highest BCUT2D eigenvalue weighted by Crippen LogP contribution is 2.32. The van der Waals surface area contributed by atoms with Crippen molar-refractivity contribution in [3.05, 3.63) is 81.2 Å². The highest BCUT2D eigenvalue weighted by Gasteiger charge is 2.34. The molecule has 2 aromatic carbocycles. The molecule has 0 aliphatic carbocycles. The number of hydrogen-bond donors (Lipinski definition) is 1. The minimum Gasteiger partial charge on any atom is -0.466 e. The van der Waals surface area contributed by atoms with Gasteiger partial charge in [-0.3, -0.25) is 0 Å². The lowest BCUT2D eigenvalue weighted by molar-refractivity contribution is -0.136. The van der Waals surface area contributed by atoms with E-state index in [1.54, 1.807) is 12.1 Å². The van der Waals surface area contributed by atoms with Gasteiger partial charge in [-0.25, -0.2) is 9.18 Å². The van der Waals surface area contributed by atoms with E-state index in [1.807, 2.05) is 36.1 Å². The zero-order valence-electron chi connectivity index (χ0n) is 14.8. The summed E-state index contributed by atoms with van der Waals surface area (Å²) in [6, 6.07) is 13.4. The Hall–Kier alpha value is -2.25. The van der Waals surface area contributed by atoms with Crippen molar-refractivity contribution in [3.8, 4) is 0 Å². The van der Waals surface area contributed by atoms with Gasteiger partial charge in [0.2, 0.25) is 0 Å². The Morgan fingerprint density at radius 3 is 2.44 bits per heavy atom. The van der Waals surface area contributed by atoms with Crippen molar-refractivity contribution in [3.63, 3.8) is 0 Å². The molecule has 1 aliphatic rings. The summed E-state index contributed by atoms with van der Waals surface area (Å²) < 4.78 is 19.3. The molecule has 0 saturated heterocycles. The van der Waals surface area contributed by atoms with Crippen molar-refractivity contribution in [2.75, 3.05) is 7.11 Å². The van der Waals surface area contributed by atoms with Crippen LogP contribution in [0, 0.1) is 5.82 Å². The average Bonchev–Trinajstić information content (AvgIpc) is 2.66. The van der Waals surface area contributed by atoms with Crippen molar-refractivity contribution in [1.29, 1.82) is 0 Å². The standard InChI is InChI=1S/C20H18BrFN2O2S/c1-12-17(19(25)26-2)18(14-5-9-16(22)10-6-14)23-20(27)24(12)11-13-3-7-15(21)8-4-13/h3-10,18H,11H2,1-2H3,(H,23,27). The van der Waals surface area contributed by atoms with Gasteiger partial charge in [-0.05, 0) is 54.5 Å². The molecule has 4 nitrogen and oxygen atoms in total. The number of rotatable bonds is 4. The van der Waals surface area contributed by atoms with Gasteiger partial charge >= 0.3 is 5.97 Å². The lowest BCUT2D eigenvalue weighted by Crippen LogP contribution is -2.47. The van der Waals surface area contributed by atoms with Crippen LogP contribution in [0.4, 0.5) is 4.39 Å². The number of ether oxygens (including phenoxy) is 1. The first-order valence-electron chi connectivity index (χ1n) is 8.27. The van der Waals surface area contributed by atoms with Crippen molar-refractivity contribution >= 4 is 39.2 Å². The number of benzene rings is 2. The second-order valence-corrected chi connectivity index (χ2v) is 7.44. The van der Waals surface area contributed by atoms with E-state index in [9.17, 15) is 9.18 Å². The highest BCUT2D eigenvalue weighted by atomic mass is 79.9. The molecule has 7 heteroatoms. The molecule has 0 bridgehead atoms. The number of hydrogen-bond acceptors (Lipinski definition) is 3. The van der Waals surface area contributed by atoms with Gasteiger partial charge in [-0.1, -0.05) is 40.2 Å². The molecule has 27 heavy (non-hydrogen) atoms. The Morgan fingerprint density at radius 2 is 1.85 bits per heavy atom. The zero-order chi connectivity index (χ0) is 19.6. The van der Waals surface area contributed by atoms with Crippen LogP contribution in [0.25, 0.3) is 0 Å². The molecule has 0 fully saturated rings. The van der Waals surface area contributed by atoms with Gasteiger partial charge in [0.1, 0.15) is 5.82 Å². The second-order valence-electron chi connectivity index (χ2n) is 6.14. The molecule has 1 aliphatic heterocycles. The molecule has 0 amide bonds. The summed E-state index contributed by atoms with van der Waals surface area (Å²) in [7, 11) is 1.34. The van der Waals surface area contributed by atoms with Gasteiger partial charge in [-0.15, -0.1) is 0 Å². The summed E-state index contributed by atoms with van der Waals surface area (Å²) in [5.74, 6) is -0.785. The Morgan fingerprint density at radius 1 is 1.22 bits per heavy atom. The van der Waals surface area contributed by atoms with Crippen molar-refractivity contribution in [2.24, 2.45) is 0 Å². The van der Waals surface area contributed by atoms with E-state index in [-0.39, 0.29) is 5.82 Å². The monoisotopic (exact) mass is 448 g/mol. The topological polar surface area (TPSA) is 41.6 Å². The number of carbonyl (C=O) groups excluding carboxylic acids is 1. The number of methoxy groups -OCH3 is 1. The zero-order valence-corrected chi connectivity index (χ0v) is 17.2. The van der Waals surface area contributed by atoms with Crippen LogP contribution in [-0.2, 0) is 16.1 Å². The van der Waals surface area contributed by atoms with Crippen LogP contribution in [0.3, 0.4) is 0 Å². The van der Waals surface area contributed by atoms with Crippen LogP contribution in [-0.4, -0.2) is 23.1 Å². The summed E-state index contributed by atoms with van der Waals surface area (Å²) >= 11 is 8.98. The fourth-order valence-electron chi connectivity index (χ4n) is 3.02. The molecule has 140 valence electrons. The average molecular weight is 449 g/mol. The summed E-state index contributed by atoms with van der Waals surface area (Å²) in [6.07, 6.45) is 0. The minimum atomic E-state index is -0.494. The molecule has 3 rings (SSSR count). The molecular formula is C20H18BrFN2O2S. The third-order valence-electron chi connectivity index (χ3n) is 4.46. The van der Waals surface area contributed by atoms with Gasteiger partial charge < -0.3 is 15.0 Å².